The summed E-state index contributed by atoms with van der Waals surface area (Å²) in [5.74, 6) is 0.963. The van der Waals surface area contributed by atoms with E-state index in [1.807, 2.05) is 47.8 Å². The predicted molar refractivity (Wildman–Crippen MR) is 150 cm³/mol. The molecule has 0 fully saturated rings. The number of ether oxygens (including phenoxy) is 1. The molecule has 1 N–H and O–H groups in total. The predicted octanol–water partition coefficient (Wildman–Crippen LogP) is 6.84. The van der Waals surface area contributed by atoms with E-state index in [2.05, 4.69) is 41.2 Å². The van der Waals surface area contributed by atoms with Crippen molar-refractivity contribution in [3.8, 4) is 5.75 Å². The van der Waals surface area contributed by atoms with Gasteiger partial charge in [-0.15, -0.1) is 11.3 Å². The van der Waals surface area contributed by atoms with Crippen LogP contribution in [0.5, 0.6) is 5.75 Å². The fourth-order valence-corrected chi connectivity index (χ4v) is 4.77. The first-order chi connectivity index (χ1) is 18.4. The van der Waals surface area contributed by atoms with Crippen LogP contribution in [-0.4, -0.2) is 22.3 Å². The van der Waals surface area contributed by atoms with Crippen LogP contribution in [0, 0.1) is 11.7 Å². The van der Waals surface area contributed by atoms with Gasteiger partial charge in [-0.3, -0.25) is 9.69 Å². The van der Waals surface area contributed by atoms with Crippen molar-refractivity contribution in [2.75, 3.05) is 6.54 Å². The summed E-state index contributed by atoms with van der Waals surface area (Å²) in [5.41, 5.74) is 3.72. The zero-order valence-electron chi connectivity index (χ0n) is 21.9. The Kier molecular flexibility index (Phi) is 10.0. The summed E-state index contributed by atoms with van der Waals surface area (Å²) >= 11 is 1.48. The first kappa shape index (κ1) is 27.5. The van der Waals surface area contributed by atoms with Gasteiger partial charge in [-0.25, -0.2) is 9.37 Å². The molecule has 1 heterocycles. The standard InChI is InChI=1S/C31H34FN3O2S/c1-23(2)16-17-33-31(36)29-22-38-30(34-29)20-35(18-24-8-12-27(32)13-9-24)19-25-10-14-28(15-11-25)37-21-26-6-4-3-5-7-26/h3-15,22-23H,16-21H2,1-2H3,(H,33,36). The third kappa shape index (κ3) is 8.78. The Bertz CT molecular complexity index is 1270. The van der Waals surface area contributed by atoms with E-state index in [1.54, 1.807) is 12.1 Å². The maximum absolute atomic E-state index is 13.5. The van der Waals surface area contributed by atoms with Gasteiger partial charge < -0.3 is 10.1 Å². The van der Waals surface area contributed by atoms with E-state index >= 15 is 0 Å². The highest BCUT2D eigenvalue weighted by molar-refractivity contribution is 7.09. The number of thiazole rings is 1. The summed E-state index contributed by atoms with van der Waals surface area (Å²) in [6.07, 6.45) is 0.935. The second-order valence-electron chi connectivity index (χ2n) is 9.75. The summed E-state index contributed by atoms with van der Waals surface area (Å²) in [4.78, 5) is 19.3. The quantitative estimate of drug-likeness (QED) is 0.205. The number of nitrogens with one attached hydrogen (secondary N) is 1. The molecule has 0 radical (unpaired) electrons. The molecular weight excluding hydrogens is 497 g/mol. The van der Waals surface area contributed by atoms with E-state index in [9.17, 15) is 9.18 Å². The third-order valence-corrected chi connectivity index (χ3v) is 6.88. The molecule has 4 rings (SSSR count). The average molecular weight is 532 g/mol. The van der Waals surface area contributed by atoms with Gasteiger partial charge in [0.1, 0.15) is 28.9 Å². The minimum Gasteiger partial charge on any atom is -0.489 e. The maximum Gasteiger partial charge on any atom is 0.270 e. The van der Waals surface area contributed by atoms with Gasteiger partial charge in [0.05, 0.1) is 6.54 Å². The van der Waals surface area contributed by atoms with Gasteiger partial charge in [0.25, 0.3) is 5.91 Å². The van der Waals surface area contributed by atoms with Crippen LogP contribution in [0.25, 0.3) is 0 Å². The van der Waals surface area contributed by atoms with Crippen molar-refractivity contribution in [3.63, 3.8) is 0 Å². The fourth-order valence-electron chi connectivity index (χ4n) is 3.95. The molecule has 0 spiro atoms. The molecule has 0 aliphatic carbocycles. The van der Waals surface area contributed by atoms with Crippen molar-refractivity contribution in [3.05, 3.63) is 117 Å². The second-order valence-corrected chi connectivity index (χ2v) is 10.7. The normalized spacial score (nSPS) is 11.2. The highest BCUT2D eigenvalue weighted by Crippen LogP contribution is 2.20. The molecule has 0 saturated heterocycles. The molecule has 0 unspecified atom stereocenters. The Morgan fingerprint density at radius 3 is 2.24 bits per heavy atom. The molecule has 1 amide bonds. The van der Waals surface area contributed by atoms with Crippen molar-refractivity contribution in [2.24, 2.45) is 5.92 Å². The summed E-state index contributed by atoms with van der Waals surface area (Å²) in [7, 11) is 0. The number of aromatic nitrogens is 1. The number of hydrogen-bond donors (Lipinski definition) is 1. The highest BCUT2D eigenvalue weighted by atomic mass is 32.1. The largest absolute Gasteiger partial charge is 0.489 e. The number of benzene rings is 3. The van der Waals surface area contributed by atoms with Crippen LogP contribution in [0.1, 0.15) is 52.5 Å². The van der Waals surface area contributed by atoms with Crippen molar-refractivity contribution >= 4 is 17.2 Å². The number of rotatable bonds is 13. The molecule has 198 valence electrons. The zero-order valence-corrected chi connectivity index (χ0v) is 22.7. The van der Waals surface area contributed by atoms with E-state index in [0.717, 1.165) is 33.9 Å². The first-order valence-electron chi connectivity index (χ1n) is 12.9. The van der Waals surface area contributed by atoms with Crippen molar-refractivity contribution < 1.29 is 13.9 Å². The van der Waals surface area contributed by atoms with Crippen LogP contribution < -0.4 is 10.1 Å². The zero-order chi connectivity index (χ0) is 26.7. The number of carbonyl (C=O) groups excluding carboxylic acids is 1. The summed E-state index contributed by atoms with van der Waals surface area (Å²) in [6, 6.07) is 24.7. The molecule has 0 aliphatic rings. The highest BCUT2D eigenvalue weighted by Gasteiger charge is 2.15. The monoisotopic (exact) mass is 531 g/mol. The van der Waals surface area contributed by atoms with Crippen LogP contribution in [0.15, 0.2) is 84.2 Å². The van der Waals surface area contributed by atoms with Crippen LogP contribution in [0.3, 0.4) is 0 Å². The molecule has 1 aromatic heterocycles. The number of amides is 1. The van der Waals surface area contributed by atoms with Gasteiger partial charge in [0.15, 0.2) is 0 Å². The fraction of sp³-hybridized carbons (Fsp3) is 0.290. The Balaban J connectivity index is 1.40. The lowest BCUT2D eigenvalue weighted by molar-refractivity contribution is 0.0947. The molecule has 5 nitrogen and oxygen atoms in total. The van der Waals surface area contributed by atoms with Crippen molar-refractivity contribution in [1.82, 2.24) is 15.2 Å². The summed E-state index contributed by atoms with van der Waals surface area (Å²) in [5, 5.41) is 5.63. The van der Waals surface area contributed by atoms with Gasteiger partial charge in [-0.05, 0) is 53.3 Å². The van der Waals surface area contributed by atoms with Crippen LogP contribution >= 0.6 is 11.3 Å². The van der Waals surface area contributed by atoms with Crippen molar-refractivity contribution in [1.29, 1.82) is 0 Å². The average Bonchev–Trinajstić information content (AvgIpc) is 3.38. The van der Waals surface area contributed by atoms with Gasteiger partial charge >= 0.3 is 0 Å². The first-order valence-corrected chi connectivity index (χ1v) is 13.8. The number of carbonyl (C=O) groups is 1. The van der Waals surface area contributed by atoms with Gasteiger partial charge in [-0.1, -0.05) is 68.4 Å². The molecule has 0 saturated carbocycles. The van der Waals surface area contributed by atoms with E-state index in [1.165, 1.54) is 23.5 Å². The van der Waals surface area contributed by atoms with Crippen LogP contribution in [0.4, 0.5) is 4.39 Å². The van der Waals surface area contributed by atoms with Crippen molar-refractivity contribution in [2.45, 2.75) is 46.5 Å². The lowest BCUT2D eigenvalue weighted by atomic mass is 10.1. The molecule has 3 aromatic carbocycles. The Hall–Kier alpha value is -3.55. The molecule has 38 heavy (non-hydrogen) atoms. The summed E-state index contributed by atoms with van der Waals surface area (Å²) < 4.78 is 19.4. The minimum atomic E-state index is -0.251. The Labute approximate surface area is 228 Å². The van der Waals surface area contributed by atoms with Gasteiger partial charge in [0.2, 0.25) is 0 Å². The Morgan fingerprint density at radius 1 is 0.921 bits per heavy atom. The number of nitrogens with zero attached hydrogens (tertiary/aromatic N) is 2. The SMILES string of the molecule is CC(C)CCNC(=O)c1csc(CN(Cc2ccc(F)cc2)Cc2ccc(OCc3ccccc3)cc2)n1. The second kappa shape index (κ2) is 13.8. The minimum absolute atomic E-state index is 0.135. The van der Waals surface area contributed by atoms with E-state index in [4.69, 9.17) is 4.74 Å². The smallest absolute Gasteiger partial charge is 0.270 e. The molecule has 7 heteroatoms. The van der Waals surface area contributed by atoms with Crippen LogP contribution in [0.2, 0.25) is 0 Å². The molecule has 0 atom stereocenters. The maximum atomic E-state index is 13.5. The molecule has 4 aromatic rings. The lowest BCUT2D eigenvalue weighted by Gasteiger charge is -2.22. The van der Waals surface area contributed by atoms with E-state index in [0.29, 0.717) is 44.4 Å². The van der Waals surface area contributed by atoms with E-state index < -0.39 is 0 Å². The summed E-state index contributed by atoms with van der Waals surface area (Å²) in [6.45, 7) is 7.31. The lowest BCUT2D eigenvalue weighted by Crippen LogP contribution is -2.26. The molecule has 0 bridgehead atoms. The molecular formula is C31H34FN3O2S. The Morgan fingerprint density at radius 2 is 1.58 bits per heavy atom. The topological polar surface area (TPSA) is 54.5 Å². The van der Waals surface area contributed by atoms with Gasteiger partial charge in [-0.2, -0.15) is 0 Å². The molecule has 0 aliphatic heterocycles. The third-order valence-electron chi connectivity index (χ3n) is 6.05. The van der Waals surface area contributed by atoms with Gasteiger partial charge in [0, 0.05) is 25.0 Å². The number of halogens is 1. The number of hydrogen-bond acceptors (Lipinski definition) is 5. The van der Waals surface area contributed by atoms with Crippen LogP contribution in [-0.2, 0) is 26.2 Å². The van der Waals surface area contributed by atoms with E-state index in [-0.39, 0.29) is 11.7 Å².